The Kier molecular flexibility index (Phi) is 7.01. The maximum atomic E-state index is 12.8. The van der Waals surface area contributed by atoms with E-state index in [1.165, 1.54) is 12.1 Å². The predicted octanol–water partition coefficient (Wildman–Crippen LogP) is 4.15. The van der Waals surface area contributed by atoms with Crippen LogP contribution in [0.3, 0.4) is 0 Å². The maximum absolute atomic E-state index is 12.8. The average Bonchev–Trinajstić information content (AvgIpc) is 2.47. The summed E-state index contributed by atoms with van der Waals surface area (Å²) < 4.78 is 76.3. The summed E-state index contributed by atoms with van der Waals surface area (Å²) in [6, 6.07) is 4.50. The molecule has 1 atom stereocenters. The van der Waals surface area contributed by atoms with E-state index < -0.39 is 31.7 Å². The zero-order chi connectivity index (χ0) is 17.7. The van der Waals surface area contributed by atoms with Gasteiger partial charge in [-0.25, -0.2) is 0 Å². The predicted molar refractivity (Wildman–Crippen MR) is 75.8 cm³/mol. The summed E-state index contributed by atoms with van der Waals surface area (Å²) in [4.78, 5) is 0. The smallest absolute Gasteiger partial charge is 0.428 e. The fourth-order valence-corrected chi connectivity index (χ4v) is 3.33. The van der Waals surface area contributed by atoms with Gasteiger partial charge in [0.05, 0.1) is 13.2 Å². The Morgan fingerprint density at radius 1 is 1.13 bits per heavy atom. The van der Waals surface area contributed by atoms with Crippen LogP contribution < -0.4 is 10.5 Å². The quantitative estimate of drug-likeness (QED) is 0.530. The van der Waals surface area contributed by atoms with Crippen LogP contribution in [-0.2, 0) is 13.6 Å². The molecule has 0 aromatic heterocycles. The summed E-state index contributed by atoms with van der Waals surface area (Å²) in [6.07, 6.45) is -8.56. The van der Waals surface area contributed by atoms with Crippen molar-refractivity contribution in [2.75, 3.05) is 13.2 Å². The van der Waals surface area contributed by atoms with E-state index >= 15 is 0 Å². The lowest BCUT2D eigenvalue weighted by molar-refractivity contribution is -0.253. The van der Waals surface area contributed by atoms with Gasteiger partial charge in [-0.2, -0.15) is 17.6 Å². The Bertz CT molecular complexity index is 531. The molecule has 0 fully saturated rings. The summed E-state index contributed by atoms with van der Waals surface area (Å²) in [5, 5.41) is 0. The second kappa shape index (κ2) is 8.10. The molecule has 23 heavy (non-hydrogen) atoms. The number of hydrogen-bond acceptors (Lipinski definition) is 5. The fourth-order valence-electron chi connectivity index (χ4n) is 1.68. The molecule has 0 aliphatic rings. The van der Waals surface area contributed by atoms with Gasteiger partial charge in [0.2, 0.25) is 0 Å². The van der Waals surface area contributed by atoms with Gasteiger partial charge in [-0.1, -0.05) is 12.1 Å². The topological polar surface area (TPSA) is 70.8 Å². The minimum Gasteiger partial charge on any atom is -0.428 e. The minimum absolute atomic E-state index is 0.104. The van der Waals surface area contributed by atoms with Crippen LogP contribution in [0.25, 0.3) is 0 Å². The summed E-state index contributed by atoms with van der Waals surface area (Å²) in [6.45, 7) is 3.43. The van der Waals surface area contributed by atoms with Crippen molar-refractivity contribution < 1.29 is 35.9 Å². The van der Waals surface area contributed by atoms with Crippen molar-refractivity contribution in [1.82, 2.24) is 0 Å². The third-order valence-corrected chi connectivity index (χ3v) is 4.90. The molecule has 0 spiro atoms. The molecule has 0 amide bonds. The lowest BCUT2D eigenvalue weighted by Gasteiger charge is -2.23. The van der Waals surface area contributed by atoms with Crippen molar-refractivity contribution in [3.8, 4) is 5.75 Å². The second-order valence-electron chi connectivity index (χ2n) is 4.35. The van der Waals surface area contributed by atoms with Crippen LogP contribution in [0.1, 0.15) is 25.2 Å². The number of hydrogen-bond donors (Lipinski definition) is 1. The molecule has 0 saturated carbocycles. The van der Waals surface area contributed by atoms with E-state index in [1.807, 2.05) is 0 Å². The van der Waals surface area contributed by atoms with Crippen LogP contribution in [0.15, 0.2) is 24.3 Å². The Labute approximate surface area is 131 Å². The minimum atomic E-state index is -4.60. The summed E-state index contributed by atoms with van der Waals surface area (Å²) in [5.74, 6) is -1.62. The van der Waals surface area contributed by atoms with Crippen LogP contribution >= 0.6 is 7.60 Å². The summed E-state index contributed by atoms with van der Waals surface area (Å²) >= 11 is 0. The van der Waals surface area contributed by atoms with Crippen LogP contribution in [0.4, 0.5) is 17.6 Å². The first-order valence-electron chi connectivity index (χ1n) is 6.75. The molecule has 0 aliphatic carbocycles. The standard InChI is InChI=1S/C13H18F4NO4P/c1-3-20-23(19,21-4-2)11(18)9-5-7-10(8-6-9)22-13(16,17)12(14)15/h5-8,11-12H,3-4,18H2,1-2H3/t11-/m0/s1. The third kappa shape index (κ3) is 5.17. The lowest BCUT2D eigenvalue weighted by atomic mass is 10.2. The molecule has 0 unspecified atom stereocenters. The van der Waals surface area contributed by atoms with Crippen LogP contribution in [0, 0.1) is 0 Å². The molecule has 0 aliphatic heterocycles. The highest BCUT2D eigenvalue weighted by atomic mass is 31.2. The van der Waals surface area contributed by atoms with Crippen molar-refractivity contribution >= 4 is 7.60 Å². The van der Waals surface area contributed by atoms with Gasteiger partial charge < -0.3 is 19.5 Å². The largest absolute Gasteiger partial charge is 0.461 e. The molecule has 0 saturated heterocycles. The zero-order valence-electron chi connectivity index (χ0n) is 12.5. The number of halogens is 4. The van der Waals surface area contributed by atoms with Gasteiger partial charge in [0, 0.05) is 0 Å². The van der Waals surface area contributed by atoms with Crippen molar-refractivity contribution in [2.45, 2.75) is 32.2 Å². The second-order valence-corrected chi connectivity index (χ2v) is 6.51. The van der Waals surface area contributed by atoms with Gasteiger partial charge in [-0.15, -0.1) is 0 Å². The molecule has 5 nitrogen and oxygen atoms in total. The summed E-state index contributed by atoms with van der Waals surface area (Å²) in [5.41, 5.74) is 6.12. The monoisotopic (exact) mass is 359 g/mol. The average molecular weight is 359 g/mol. The van der Waals surface area contributed by atoms with Crippen molar-refractivity contribution in [3.63, 3.8) is 0 Å². The number of alkyl halides is 4. The fraction of sp³-hybridized carbons (Fsp3) is 0.538. The van der Waals surface area contributed by atoms with Gasteiger partial charge in [-0.3, -0.25) is 4.57 Å². The highest BCUT2D eigenvalue weighted by Crippen LogP contribution is 2.58. The van der Waals surface area contributed by atoms with Crippen molar-refractivity contribution in [1.29, 1.82) is 0 Å². The van der Waals surface area contributed by atoms with Gasteiger partial charge in [0.1, 0.15) is 11.5 Å². The first-order chi connectivity index (χ1) is 10.7. The Morgan fingerprint density at radius 2 is 1.61 bits per heavy atom. The summed E-state index contributed by atoms with van der Waals surface area (Å²) in [7, 11) is -3.64. The molecule has 0 radical (unpaired) electrons. The molecular weight excluding hydrogens is 341 g/mol. The van der Waals surface area contributed by atoms with E-state index in [0.29, 0.717) is 0 Å². The molecular formula is C13H18F4NO4P. The molecule has 132 valence electrons. The molecule has 1 aromatic rings. The van der Waals surface area contributed by atoms with E-state index in [4.69, 9.17) is 14.8 Å². The molecule has 1 rings (SSSR count). The highest BCUT2D eigenvalue weighted by molar-refractivity contribution is 7.54. The zero-order valence-corrected chi connectivity index (χ0v) is 13.4. The number of rotatable bonds is 9. The van der Waals surface area contributed by atoms with Gasteiger partial charge in [0.15, 0.2) is 0 Å². The van der Waals surface area contributed by atoms with E-state index in [0.717, 1.165) is 12.1 Å². The van der Waals surface area contributed by atoms with E-state index in [2.05, 4.69) is 4.74 Å². The number of ether oxygens (including phenoxy) is 1. The SMILES string of the molecule is CCOP(=O)(OCC)[C@H](N)c1ccc(OC(F)(F)C(F)F)cc1. The molecule has 2 N–H and O–H groups in total. The molecule has 10 heteroatoms. The van der Waals surface area contributed by atoms with Gasteiger partial charge in [0.25, 0.3) is 0 Å². The van der Waals surface area contributed by atoms with E-state index in [1.54, 1.807) is 13.8 Å². The lowest BCUT2D eigenvalue weighted by Crippen LogP contribution is -2.33. The van der Waals surface area contributed by atoms with Gasteiger partial charge >= 0.3 is 20.1 Å². The third-order valence-electron chi connectivity index (χ3n) is 2.69. The first-order valence-corrected chi connectivity index (χ1v) is 8.36. The number of nitrogens with two attached hydrogens (primary N) is 1. The van der Waals surface area contributed by atoms with Crippen molar-refractivity contribution in [2.24, 2.45) is 5.73 Å². The first kappa shape index (κ1) is 19.9. The Hall–Kier alpha value is -1.15. The Balaban J connectivity index is 2.92. The molecule has 1 aromatic carbocycles. The Morgan fingerprint density at radius 3 is 2.00 bits per heavy atom. The van der Waals surface area contributed by atoms with E-state index in [9.17, 15) is 22.1 Å². The maximum Gasteiger partial charge on any atom is 0.461 e. The van der Waals surface area contributed by atoms with Gasteiger partial charge in [-0.05, 0) is 31.5 Å². The van der Waals surface area contributed by atoms with Crippen LogP contribution in [-0.4, -0.2) is 25.7 Å². The molecule has 0 heterocycles. The normalized spacial score (nSPS) is 14.1. The van der Waals surface area contributed by atoms with E-state index in [-0.39, 0.29) is 18.8 Å². The highest BCUT2D eigenvalue weighted by Gasteiger charge is 2.44. The van der Waals surface area contributed by atoms with Crippen LogP contribution in [0.2, 0.25) is 0 Å². The molecule has 0 bridgehead atoms. The van der Waals surface area contributed by atoms with Crippen molar-refractivity contribution in [3.05, 3.63) is 29.8 Å². The number of benzene rings is 1. The van der Waals surface area contributed by atoms with Crippen LogP contribution in [0.5, 0.6) is 5.75 Å².